The van der Waals surface area contributed by atoms with Crippen molar-refractivity contribution in [3.05, 3.63) is 0 Å². The fourth-order valence-corrected chi connectivity index (χ4v) is 4.66. The van der Waals surface area contributed by atoms with E-state index in [4.69, 9.17) is 10.5 Å². The third-order valence-electron chi connectivity index (χ3n) is 5.64. The largest absolute Gasteiger partial charge is 0.375 e. The van der Waals surface area contributed by atoms with E-state index in [2.05, 4.69) is 4.90 Å². The summed E-state index contributed by atoms with van der Waals surface area (Å²) in [5.74, 6) is 0.840. The van der Waals surface area contributed by atoms with Crippen LogP contribution in [0, 0.1) is 5.92 Å². The SMILES string of the molecule is NCC(C1CCCCCC1)N1CCOC2CCCC21. The first-order valence-electron chi connectivity index (χ1n) is 8.47. The van der Waals surface area contributed by atoms with Crippen LogP contribution in [0.15, 0.2) is 0 Å². The lowest BCUT2D eigenvalue weighted by molar-refractivity contribution is -0.0798. The van der Waals surface area contributed by atoms with Gasteiger partial charge in [-0.2, -0.15) is 0 Å². The maximum atomic E-state index is 6.19. The normalized spacial score (nSPS) is 35.8. The Bertz CT molecular complexity index is 276. The molecule has 2 saturated carbocycles. The van der Waals surface area contributed by atoms with E-state index in [1.54, 1.807) is 0 Å². The molecular weight excluding hydrogens is 236 g/mol. The second-order valence-corrected chi connectivity index (χ2v) is 6.70. The lowest BCUT2D eigenvalue weighted by Gasteiger charge is -2.45. The van der Waals surface area contributed by atoms with Crippen LogP contribution in [0.4, 0.5) is 0 Å². The molecule has 3 rings (SSSR count). The Hall–Kier alpha value is -0.120. The molecule has 3 heteroatoms. The van der Waals surface area contributed by atoms with Crippen LogP contribution in [0.1, 0.15) is 57.8 Å². The minimum atomic E-state index is 0.508. The Labute approximate surface area is 117 Å². The number of morpholine rings is 1. The molecule has 110 valence electrons. The van der Waals surface area contributed by atoms with Crippen LogP contribution >= 0.6 is 0 Å². The monoisotopic (exact) mass is 266 g/mol. The fraction of sp³-hybridized carbons (Fsp3) is 1.00. The van der Waals surface area contributed by atoms with E-state index < -0.39 is 0 Å². The number of fused-ring (bicyclic) bond motifs is 1. The summed E-state index contributed by atoms with van der Waals surface area (Å²) in [6, 6.07) is 1.29. The molecule has 3 nitrogen and oxygen atoms in total. The van der Waals surface area contributed by atoms with Gasteiger partial charge < -0.3 is 10.5 Å². The van der Waals surface area contributed by atoms with Gasteiger partial charge in [0.1, 0.15) is 0 Å². The van der Waals surface area contributed by atoms with Crippen LogP contribution in [0.3, 0.4) is 0 Å². The molecule has 1 aliphatic heterocycles. The molecule has 3 fully saturated rings. The molecule has 3 atom stereocenters. The highest BCUT2D eigenvalue weighted by molar-refractivity contribution is 4.94. The average molecular weight is 266 g/mol. The van der Waals surface area contributed by atoms with Crippen molar-refractivity contribution in [1.29, 1.82) is 0 Å². The van der Waals surface area contributed by atoms with E-state index in [1.165, 1.54) is 57.8 Å². The van der Waals surface area contributed by atoms with Crippen molar-refractivity contribution >= 4 is 0 Å². The molecule has 2 N–H and O–H groups in total. The van der Waals surface area contributed by atoms with Gasteiger partial charge in [0, 0.05) is 25.2 Å². The van der Waals surface area contributed by atoms with Gasteiger partial charge in [-0.1, -0.05) is 25.7 Å². The van der Waals surface area contributed by atoms with E-state index in [1.807, 2.05) is 0 Å². The van der Waals surface area contributed by atoms with E-state index in [-0.39, 0.29) is 0 Å². The van der Waals surface area contributed by atoms with Crippen molar-refractivity contribution < 1.29 is 4.74 Å². The topological polar surface area (TPSA) is 38.5 Å². The first-order valence-corrected chi connectivity index (χ1v) is 8.47. The third-order valence-corrected chi connectivity index (χ3v) is 5.64. The van der Waals surface area contributed by atoms with Crippen LogP contribution < -0.4 is 5.73 Å². The van der Waals surface area contributed by atoms with Crippen molar-refractivity contribution in [2.75, 3.05) is 19.7 Å². The summed E-state index contributed by atoms with van der Waals surface area (Å²) < 4.78 is 5.96. The second-order valence-electron chi connectivity index (χ2n) is 6.70. The molecule has 0 spiro atoms. The summed E-state index contributed by atoms with van der Waals surface area (Å²) in [6.45, 7) is 2.87. The molecule has 0 radical (unpaired) electrons. The van der Waals surface area contributed by atoms with Crippen LogP contribution in [0.2, 0.25) is 0 Å². The summed E-state index contributed by atoms with van der Waals surface area (Å²) in [4.78, 5) is 2.75. The highest BCUT2D eigenvalue weighted by Gasteiger charge is 2.40. The molecular formula is C16H30N2O. The Kier molecular flexibility index (Phi) is 4.78. The molecule has 2 aliphatic carbocycles. The molecule has 0 bridgehead atoms. The fourth-order valence-electron chi connectivity index (χ4n) is 4.66. The summed E-state index contributed by atoms with van der Waals surface area (Å²) in [7, 11) is 0. The molecule has 0 aromatic heterocycles. The smallest absolute Gasteiger partial charge is 0.0731 e. The molecule has 1 heterocycles. The van der Waals surface area contributed by atoms with E-state index in [0.717, 1.165) is 25.6 Å². The predicted molar refractivity (Wildman–Crippen MR) is 78.1 cm³/mol. The van der Waals surface area contributed by atoms with Gasteiger partial charge in [-0.3, -0.25) is 4.90 Å². The number of hydrogen-bond donors (Lipinski definition) is 1. The molecule has 3 unspecified atom stereocenters. The third kappa shape index (κ3) is 2.98. The van der Waals surface area contributed by atoms with Crippen molar-refractivity contribution in [2.45, 2.75) is 76.0 Å². The highest BCUT2D eigenvalue weighted by Crippen LogP contribution is 2.35. The lowest BCUT2D eigenvalue weighted by Crippen LogP contribution is -2.57. The van der Waals surface area contributed by atoms with Crippen molar-refractivity contribution in [3.8, 4) is 0 Å². The van der Waals surface area contributed by atoms with Crippen LogP contribution in [-0.4, -0.2) is 42.8 Å². The van der Waals surface area contributed by atoms with E-state index in [0.29, 0.717) is 18.2 Å². The maximum absolute atomic E-state index is 6.19. The molecule has 0 amide bonds. The highest BCUT2D eigenvalue weighted by atomic mass is 16.5. The number of nitrogens with zero attached hydrogens (tertiary/aromatic N) is 1. The second kappa shape index (κ2) is 6.55. The van der Waals surface area contributed by atoms with Gasteiger partial charge in [0.15, 0.2) is 0 Å². The summed E-state index contributed by atoms with van der Waals surface area (Å²) in [6.07, 6.45) is 12.9. The summed E-state index contributed by atoms with van der Waals surface area (Å²) in [5, 5.41) is 0. The quantitative estimate of drug-likeness (QED) is 0.798. The van der Waals surface area contributed by atoms with Gasteiger partial charge in [0.25, 0.3) is 0 Å². The summed E-state index contributed by atoms with van der Waals surface area (Å²) >= 11 is 0. The average Bonchev–Trinajstić information content (AvgIpc) is 2.76. The molecule has 1 saturated heterocycles. The van der Waals surface area contributed by atoms with Gasteiger partial charge in [0.2, 0.25) is 0 Å². The van der Waals surface area contributed by atoms with Crippen molar-refractivity contribution in [3.63, 3.8) is 0 Å². The van der Waals surface area contributed by atoms with Gasteiger partial charge in [-0.25, -0.2) is 0 Å². The number of rotatable bonds is 3. The number of hydrogen-bond acceptors (Lipinski definition) is 3. The summed E-state index contributed by atoms with van der Waals surface area (Å²) in [5.41, 5.74) is 6.19. The Morgan fingerprint density at radius 3 is 2.53 bits per heavy atom. The van der Waals surface area contributed by atoms with Crippen LogP contribution in [0.5, 0.6) is 0 Å². The van der Waals surface area contributed by atoms with Crippen LogP contribution in [0.25, 0.3) is 0 Å². The maximum Gasteiger partial charge on any atom is 0.0731 e. The predicted octanol–water partition coefficient (Wildman–Crippen LogP) is 2.54. The Morgan fingerprint density at radius 2 is 1.79 bits per heavy atom. The van der Waals surface area contributed by atoms with E-state index in [9.17, 15) is 0 Å². The Morgan fingerprint density at radius 1 is 1.00 bits per heavy atom. The molecule has 0 aromatic carbocycles. The zero-order valence-electron chi connectivity index (χ0n) is 12.2. The first kappa shape index (κ1) is 13.8. The van der Waals surface area contributed by atoms with Crippen LogP contribution in [-0.2, 0) is 4.74 Å². The Balaban J connectivity index is 1.69. The molecule has 3 aliphatic rings. The standard InChI is InChI=1S/C16H30N2O/c17-12-15(13-6-3-1-2-4-7-13)18-10-11-19-16-9-5-8-14(16)18/h13-16H,1-12,17H2. The minimum Gasteiger partial charge on any atom is -0.375 e. The number of nitrogens with two attached hydrogens (primary N) is 1. The van der Waals surface area contributed by atoms with Crippen molar-refractivity contribution in [2.24, 2.45) is 11.7 Å². The van der Waals surface area contributed by atoms with E-state index >= 15 is 0 Å². The first-order chi connectivity index (χ1) is 9.40. The zero-order chi connectivity index (χ0) is 13.1. The molecule has 0 aromatic rings. The van der Waals surface area contributed by atoms with Gasteiger partial charge >= 0.3 is 0 Å². The van der Waals surface area contributed by atoms with Gasteiger partial charge in [0.05, 0.1) is 12.7 Å². The van der Waals surface area contributed by atoms with Gasteiger partial charge in [-0.05, 0) is 38.0 Å². The lowest BCUT2D eigenvalue weighted by atomic mass is 9.89. The zero-order valence-corrected chi connectivity index (χ0v) is 12.2. The van der Waals surface area contributed by atoms with Gasteiger partial charge in [-0.15, -0.1) is 0 Å². The number of ether oxygens (including phenoxy) is 1. The molecule has 19 heavy (non-hydrogen) atoms. The van der Waals surface area contributed by atoms with Crippen molar-refractivity contribution in [1.82, 2.24) is 4.90 Å². The minimum absolute atomic E-state index is 0.508.